The second-order valence-corrected chi connectivity index (χ2v) is 18.9. The molecule has 8 rings (SSSR count). The molecule has 0 unspecified atom stereocenters. The molecule has 0 radical (unpaired) electrons. The largest absolute Gasteiger partial charge is 0.306 e. The van der Waals surface area contributed by atoms with Crippen molar-refractivity contribution in [2.24, 2.45) is 0 Å². The van der Waals surface area contributed by atoms with Crippen molar-refractivity contribution in [3.05, 3.63) is 120 Å². The first kappa shape index (κ1) is 39.5. The van der Waals surface area contributed by atoms with E-state index in [0.29, 0.717) is 99.0 Å². The van der Waals surface area contributed by atoms with Gasteiger partial charge in [0.25, 0.3) is 0 Å². The van der Waals surface area contributed by atoms with Gasteiger partial charge in [0.15, 0.2) is 0 Å². The van der Waals surface area contributed by atoms with Crippen LogP contribution in [0.4, 0.5) is 8.78 Å². The fourth-order valence-electron chi connectivity index (χ4n) is 7.15. The highest BCUT2D eigenvalue weighted by atomic mass is 35.5. The molecule has 6 aromatic rings. The molecule has 290 valence electrons. The maximum absolute atomic E-state index is 15.9. The molecule has 0 spiro atoms. The highest BCUT2D eigenvalue weighted by molar-refractivity contribution is 7.88. The smallest absolute Gasteiger partial charge is 0.304 e. The lowest BCUT2D eigenvalue weighted by Gasteiger charge is -2.15. The van der Waals surface area contributed by atoms with Gasteiger partial charge in [0, 0.05) is 34.0 Å². The Bertz CT molecular complexity index is 2700. The van der Waals surface area contributed by atoms with E-state index in [1.54, 1.807) is 58.5 Å². The topological polar surface area (TPSA) is 93.3 Å². The van der Waals surface area contributed by atoms with E-state index in [4.69, 9.17) is 51.5 Å². The van der Waals surface area contributed by atoms with Crippen molar-refractivity contribution >= 4 is 90.8 Å². The molecule has 0 fully saturated rings. The fraction of sp³-hybridized carbons (Fsp3) is 0.231. The van der Waals surface area contributed by atoms with Gasteiger partial charge in [-0.25, -0.2) is 18.1 Å². The number of unbranched alkanes of at least 4 members (excludes halogenated alkanes) is 2. The van der Waals surface area contributed by atoms with Gasteiger partial charge >= 0.3 is 10.1 Å². The molecule has 17 heteroatoms. The Morgan fingerprint density at radius 3 is 1.84 bits per heavy atom. The highest BCUT2D eigenvalue weighted by Crippen LogP contribution is 2.48. The lowest BCUT2D eigenvalue weighted by Crippen LogP contribution is -2.20. The Morgan fingerprint density at radius 1 is 0.804 bits per heavy atom. The predicted octanol–water partition coefficient (Wildman–Crippen LogP) is 12.0. The molecule has 56 heavy (non-hydrogen) atoms. The summed E-state index contributed by atoms with van der Waals surface area (Å²) in [5, 5.41) is 12.9. The second kappa shape index (κ2) is 15.8. The third kappa shape index (κ3) is 7.54. The molecule has 4 aromatic heterocycles. The Hall–Kier alpha value is -3.37. The van der Waals surface area contributed by atoms with Crippen molar-refractivity contribution in [3.63, 3.8) is 0 Å². The van der Waals surface area contributed by atoms with Gasteiger partial charge < -0.3 is 4.90 Å². The molecule has 1 N–H and O–H groups in total. The van der Waals surface area contributed by atoms with Crippen molar-refractivity contribution in [2.75, 3.05) is 20.1 Å². The summed E-state index contributed by atoms with van der Waals surface area (Å²) in [5.74, 6) is -0.870. The summed E-state index contributed by atoms with van der Waals surface area (Å²) in [6.45, 7) is 1.41. The summed E-state index contributed by atoms with van der Waals surface area (Å²) in [6.07, 6.45) is 6.28. The Morgan fingerprint density at radius 2 is 1.32 bits per heavy atom. The summed E-state index contributed by atoms with van der Waals surface area (Å²) in [6, 6.07) is 13.5. The molecule has 2 aliphatic rings. The highest BCUT2D eigenvalue weighted by Gasteiger charge is 2.34. The minimum absolute atomic E-state index is 0.146. The predicted molar refractivity (Wildman–Crippen MR) is 223 cm³/mol. The number of fused-ring (bicyclic) bond motifs is 6. The molecule has 0 bridgehead atoms. The molecule has 0 saturated heterocycles. The van der Waals surface area contributed by atoms with Crippen molar-refractivity contribution in [1.29, 1.82) is 0 Å². The van der Waals surface area contributed by atoms with Gasteiger partial charge in [0.05, 0.1) is 42.6 Å². The first-order valence-corrected chi connectivity index (χ1v) is 22.2. The molecule has 2 aromatic carbocycles. The quantitative estimate of drug-likeness (QED) is 0.0915. The maximum Gasteiger partial charge on any atom is 0.304 e. The van der Waals surface area contributed by atoms with Crippen LogP contribution in [0.3, 0.4) is 0 Å². The number of allylic oxidation sites excluding steroid dienone is 2. The number of thiophene rings is 2. The number of nitrogens with zero attached hydrogens (tertiary/aromatic N) is 5. The zero-order valence-electron chi connectivity index (χ0n) is 29.5. The standard InChI is InChI=1S/C39H31Cl4F2N5O3S3/c1-48(13-4-2-6-29(44)34-25-16-21-12-15-54-38(21)36(25)49(46-34)31-10-8-23(40)19-27(31)42)14-5-3-7-30(45)35-26-17-22-18-33(56(51,52)53)55-39(22)37(26)50(47-35)32-11-9-24(41)20-28(32)43/h6-12,15,18-20H,2-5,13-14,16-17H2,1H3,(H,51,52,53). The summed E-state index contributed by atoms with van der Waals surface area (Å²) >= 11 is 27.8. The Balaban J connectivity index is 0.905. The van der Waals surface area contributed by atoms with Crippen molar-refractivity contribution < 1.29 is 21.8 Å². The molecular weight excluding hydrogens is 862 g/mol. The third-order valence-electron chi connectivity index (χ3n) is 9.78. The third-order valence-corrected chi connectivity index (χ3v) is 14.3. The minimum atomic E-state index is -4.42. The van der Waals surface area contributed by atoms with Crippen LogP contribution in [0.15, 0.2) is 70.3 Å². The van der Waals surface area contributed by atoms with Crippen LogP contribution in [-0.4, -0.2) is 57.6 Å². The Labute approximate surface area is 349 Å². The number of halogens is 6. The van der Waals surface area contributed by atoms with Crippen molar-refractivity contribution in [3.8, 4) is 32.5 Å². The lowest BCUT2D eigenvalue weighted by atomic mass is 10.1. The zero-order valence-corrected chi connectivity index (χ0v) is 35.0. The van der Waals surface area contributed by atoms with Gasteiger partial charge in [0.2, 0.25) is 0 Å². The van der Waals surface area contributed by atoms with E-state index in [2.05, 4.69) is 16.1 Å². The summed E-state index contributed by atoms with van der Waals surface area (Å²) in [4.78, 5) is 3.76. The van der Waals surface area contributed by atoms with Crippen molar-refractivity contribution in [1.82, 2.24) is 24.5 Å². The van der Waals surface area contributed by atoms with Crippen LogP contribution in [0.25, 0.3) is 44.2 Å². The van der Waals surface area contributed by atoms with Crippen LogP contribution >= 0.6 is 69.1 Å². The molecule has 0 aliphatic heterocycles. The van der Waals surface area contributed by atoms with E-state index < -0.39 is 15.9 Å². The average molecular weight is 894 g/mol. The van der Waals surface area contributed by atoms with Crippen LogP contribution in [0.1, 0.15) is 59.3 Å². The molecule has 0 atom stereocenters. The summed E-state index contributed by atoms with van der Waals surface area (Å²) < 4.78 is 68.1. The van der Waals surface area contributed by atoms with Gasteiger partial charge in [-0.05, 0) is 123 Å². The fourth-order valence-corrected chi connectivity index (χ4v) is 11.0. The molecule has 4 heterocycles. The van der Waals surface area contributed by atoms with Crippen LogP contribution in [0.2, 0.25) is 20.1 Å². The number of benzene rings is 2. The number of rotatable bonds is 13. The van der Waals surface area contributed by atoms with E-state index >= 15 is 8.78 Å². The monoisotopic (exact) mass is 891 g/mol. The summed E-state index contributed by atoms with van der Waals surface area (Å²) in [7, 11) is -2.44. The first-order chi connectivity index (χ1) is 26.8. The average Bonchev–Trinajstić information content (AvgIpc) is 3.97. The van der Waals surface area contributed by atoms with Gasteiger partial charge in [-0.15, -0.1) is 22.7 Å². The van der Waals surface area contributed by atoms with Gasteiger partial charge in [0.1, 0.15) is 27.3 Å². The Kier molecular flexibility index (Phi) is 11.1. The normalized spacial score (nSPS) is 13.8. The SMILES string of the molecule is CN(CCCC=C(F)c1nn(-c2ccc(Cl)cc2Cl)c2c1Cc1ccsc1-2)CCCC=C(F)c1nn(-c2ccc(Cl)cc2Cl)c2c1Cc1cc(S(=O)(=O)O)sc1-2. The maximum atomic E-state index is 15.9. The van der Waals surface area contributed by atoms with Crippen molar-refractivity contribution in [2.45, 2.75) is 42.7 Å². The van der Waals surface area contributed by atoms with Crippen LogP contribution < -0.4 is 0 Å². The minimum Gasteiger partial charge on any atom is -0.306 e. The molecular formula is C39H31Cl4F2N5O3S3. The van der Waals surface area contributed by atoms with Crippen LogP contribution in [0.5, 0.6) is 0 Å². The number of hydrogen-bond acceptors (Lipinski definition) is 7. The van der Waals surface area contributed by atoms with E-state index in [-0.39, 0.29) is 27.2 Å². The molecule has 2 aliphatic carbocycles. The van der Waals surface area contributed by atoms with Crippen LogP contribution in [-0.2, 0) is 23.0 Å². The molecule has 0 saturated carbocycles. The van der Waals surface area contributed by atoms with Gasteiger partial charge in [-0.2, -0.15) is 18.6 Å². The zero-order chi connectivity index (χ0) is 39.5. The number of aromatic nitrogens is 4. The van der Waals surface area contributed by atoms with E-state index in [0.717, 1.165) is 33.0 Å². The molecule has 8 nitrogen and oxygen atoms in total. The van der Waals surface area contributed by atoms with Crippen LogP contribution in [0, 0.1) is 0 Å². The van der Waals surface area contributed by atoms with E-state index in [9.17, 15) is 13.0 Å². The lowest BCUT2D eigenvalue weighted by molar-refractivity contribution is 0.326. The number of hydrogen-bond donors (Lipinski definition) is 1. The van der Waals surface area contributed by atoms with Gasteiger partial charge in [-0.3, -0.25) is 4.55 Å². The molecule has 0 amide bonds. The second-order valence-electron chi connectivity index (χ2n) is 13.6. The summed E-state index contributed by atoms with van der Waals surface area (Å²) in [5.41, 5.74) is 6.18. The van der Waals surface area contributed by atoms with E-state index in [1.807, 2.05) is 12.4 Å². The first-order valence-electron chi connectivity index (χ1n) is 17.5. The van der Waals surface area contributed by atoms with Gasteiger partial charge in [-0.1, -0.05) is 46.4 Å². The van der Waals surface area contributed by atoms with E-state index in [1.165, 1.54) is 16.8 Å².